The third-order valence-electron chi connectivity index (χ3n) is 10.3. The van der Waals surface area contributed by atoms with Crippen LogP contribution in [0.3, 0.4) is 0 Å². The van der Waals surface area contributed by atoms with E-state index in [9.17, 15) is 0 Å². The molecule has 6 heteroatoms. The van der Waals surface area contributed by atoms with E-state index in [0.717, 1.165) is 66.1 Å². The van der Waals surface area contributed by atoms with Crippen molar-refractivity contribution in [3.8, 4) is 39.8 Å². The molecule has 4 aromatic heterocycles. The molecule has 0 aliphatic rings. The van der Waals surface area contributed by atoms with Gasteiger partial charge in [0.25, 0.3) is 0 Å². The molecule has 0 saturated carbocycles. The highest BCUT2D eigenvalue weighted by molar-refractivity contribution is 7.26. The summed E-state index contributed by atoms with van der Waals surface area (Å²) >= 11 is 3.57. The summed E-state index contributed by atoms with van der Waals surface area (Å²) in [6.45, 7) is 2.16. The molecule has 11 rings (SSSR count). The number of ether oxygens (including phenoxy) is 1. The minimum absolute atomic E-state index is 0.666. The van der Waals surface area contributed by atoms with Crippen LogP contribution in [0.4, 0.5) is 0 Å². The standard InChI is InChI=1S/C47H29N3OS2/c1-28-23-24-29(27-35(28)31-15-6-10-20-38(31)51-30-13-3-2-4-14-30)45-44-34-18-8-12-22-40(34)53-46(44)49-47(48-45)50-36-19-9-5-16-32(36)42-37(50)25-26-41-43(42)33-17-7-11-21-39(33)52-41/h2-27H,1H3. The van der Waals surface area contributed by atoms with Crippen LogP contribution in [0.15, 0.2) is 158 Å². The van der Waals surface area contributed by atoms with E-state index in [1.165, 1.54) is 35.6 Å². The molecular weight excluding hydrogens is 687 g/mol. The Morgan fingerprint density at radius 2 is 1.21 bits per heavy atom. The number of nitrogens with zero attached hydrogens (tertiary/aromatic N) is 3. The molecule has 0 atom stereocenters. The third-order valence-corrected chi connectivity index (χ3v) is 12.5. The van der Waals surface area contributed by atoms with Crippen LogP contribution < -0.4 is 4.74 Å². The van der Waals surface area contributed by atoms with Crippen molar-refractivity contribution in [2.45, 2.75) is 6.92 Å². The summed E-state index contributed by atoms with van der Waals surface area (Å²) < 4.78 is 12.5. The zero-order chi connectivity index (χ0) is 35.0. The Kier molecular flexibility index (Phi) is 6.78. The molecule has 4 heterocycles. The Labute approximate surface area is 312 Å². The number of hydrogen-bond donors (Lipinski definition) is 0. The number of hydrogen-bond acceptors (Lipinski definition) is 5. The van der Waals surface area contributed by atoms with E-state index < -0.39 is 0 Å². The first kappa shape index (κ1) is 30.3. The van der Waals surface area contributed by atoms with Gasteiger partial charge in [0, 0.05) is 57.5 Å². The van der Waals surface area contributed by atoms with Gasteiger partial charge in [-0.25, -0.2) is 9.97 Å². The SMILES string of the molecule is Cc1ccc(-c2nc(-n3c4ccccc4c4c5c(ccc43)sc3ccccc35)nc3sc4ccccc4c23)cc1-c1ccccc1Oc1ccccc1. The van der Waals surface area contributed by atoms with Crippen molar-refractivity contribution in [1.29, 1.82) is 0 Å². The van der Waals surface area contributed by atoms with Crippen molar-refractivity contribution < 1.29 is 4.74 Å². The van der Waals surface area contributed by atoms with Crippen LogP contribution in [0.25, 0.3) is 90.6 Å². The van der Waals surface area contributed by atoms with Crippen LogP contribution in [0.1, 0.15) is 5.56 Å². The minimum Gasteiger partial charge on any atom is -0.457 e. The lowest BCUT2D eigenvalue weighted by atomic mass is 9.95. The Bertz CT molecular complexity index is 3230. The van der Waals surface area contributed by atoms with Gasteiger partial charge in [-0.05, 0) is 72.6 Å². The van der Waals surface area contributed by atoms with Gasteiger partial charge in [-0.2, -0.15) is 0 Å². The largest absolute Gasteiger partial charge is 0.457 e. The van der Waals surface area contributed by atoms with Crippen molar-refractivity contribution in [2.75, 3.05) is 0 Å². The molecule has 250 valence electrons. The van der Waals surface area contributed by atoms with Crippen LogP contribution in [0.2, 0.25) is 0 Å². The van der Waals surface area contributed by atoms with Crippen molar-refractivity contribution in [3.05, 3.63) is 163 Å². The fraction of sp³-hybridized carbons (Fsp3) is 0.0213. The Balaban J connectivity index is 1.18. The maximum Gasteiger partial charge on any atom is 0.236 e. The molecule has 0 spiro atoms. The molecule has 7 aromatic carbocycles. The fourth-order valence-corrected chi connectivity index (χ4v) is 10.0. The number of benzene rings is 7. The molecule has 0 aliphatic carbocycles. The van der Waals surface area contributed by atoms with Gasteiger partial charge < -0.3 is 4.74 Å². The lowest BCUT2D eigenvalue weighted by Crippen LogP contribution is -2.02. The topological polar surface area (TPSA) is 39.9 Å². The summed E-state index contributed by atoms with van der Waals surface area (Å²) in [5, 5.41) is 7.25. The second-order valence-corrected chi connectivity index (χ2v) is 15.5. The first-order valence-electron chi connectivity index (χ1n) is 17.7. The van der Waals surface area contributed by atoms with Gasteiger partial charge in [-0.15, -0.1) is 22.7 Å². The van der Waals surface area contributed by atoms with Crippen molar-refractivity contribution in [3.63, 3.8) is 0 Å². The number of aryl methyl sites for hydroxylation is 1. The van der Waals surface area contributed by atoms with Crippen LogP contribution in [0.5, 0.6) is 11.5 Å². The van der Waals surface area contributed by atoms with E-state index in [1.54, 1.807) is 11.3 Å². The number of rotatable bonds is 5. The molecule has 0 saturated heterocycles. The first-order valence-corrected chi connectivity index (χ1v) is 19.3. The van der Waals surface area contributed by atoms with Gasteiger partial charge >= 0.3 is 0 Å². The maximum absolute atomic E-state index is 6.45. The van der Waals surface area contributed by atoms with Crippen LogP contribution in [0, 0.1) is 6.92 Å². The highest BCUT2D eigenvalue weighted by Gasteiger charge is 2.23. The van der Waals surface area contributed by atoms with Gasteiger partial charge in [0.2, 0.25) is 5.95 Å². The van der Waals surface area contributed by atoms with Crippen LogP contribution >= 0.6 is 22.7 Å². The number of aromatic nitrogens is 3. The van der Waals surface area contributed by atoms with Gasteiger partial charge in [0.05, 0.1) is 16.7 Å². The monoisotopic (exact) mass is 715 g/mol. The molecule has 0 amide bonds. The molecule has 4 nitrogen and oxygen atoms in total. The van der Waals surface area contributed by atoms with Crippen molar-refractivity contribution >= 4 is 85.0 Å². The normalized spacial score (nSPS) is 11.9. The molecule has 0 bridgehead atoms. The molecule has 0 N–H and O–H groups in total. The fourth-order valence-electron chi connectivity index (χ4n) is 7.86. The van der Waals surface area contributed by atoms with Gasteiger partial charge in [-0.1, -0.05) is 103 Å². The summed E-state index contributed by atoms with van der Waals surface area (Å²) in [5.74, 6) is 2.28. The molecule has 53 heavy (non-hydrogen) atoms. The van der Waals surface area contributed by atoms with Gasteiger partial charge in [0.15, 0.2) is 0 Å². The van der Waals surface area contributed by atoms with E-state index >= 15 is 0 Å². The van der Waals surface area contributed by atoms with E-state index in [4.69, 9.17) is 14.7 Å². The molecule has 0 radical (unpaired) electrons. The van der Waals surface area contributed by atoms with E-state index in [0.29, 0.717) is 5.95 Å². The number of fused-ring (bicyclic) bond motifs is 10. The molecule has 0 unspecified atom stereocenters. The predicted octanol–water partition coefficient (Wildman–Crippen LogP) is 13.7. The highest BCUT2D eigenvalue weighted by Crippen LogP contribution is 2.45. The van der Waals surface area contributed by atoms with Crippen LogP contribution in [-0.4, -0.2) is 14.5 Å². The minimum atomic E-state index is 0.666. The first-order chi connectivity index (χ1) is 26.2. The molecule has 0 fully saturated rings. The van der Waals surface area contributed by atoms with E-state index in [1.807, 2.05) is 53.8 Å². The number of para-hydroxylation sites is 3. The third kappa shape index (κ3) is 4.73. The van der Waals surface area contributed by atoms with Crippen LogP contribution in [-0.2, 0) is 0 Å². The molecule has 0 aliphatic heterocycles. The van der Waals surface area contributed by atoms with E-state index in [-0.39, 0.29) is 0 Å². The zero-order valence-corrected chi connectivity index (χ0v) is 30.2. The highest BCUT2D eigenvalue weighted by atomic mass is 32.1. The molecule has 11 aromatic rings. The lowest BCUT2D eigenvalue weighted by molar-refractivity contribution is 0.484. The van der Waals surface area contributed by atoms with Gasteiger partial charge in [0.1, 0.15) is 16.3 Å². The average Bonchev–Trinajstić information content (AvgIpc) is 3.88. The lowest BCUT2D eigenvalue weighted by Gasteiger charge is -2.15. The second-order valence-electron chi connectivity index (χ2n) is 13.4. The van der Waals surface area contributed by atoms with Crippen molar-refractivity contribution in [2.24, 2.45) is 0 Å². The smallest absolute Gasteiger partial charge is 0.236 e. The summed E-state index contributed by atoms with van der Waals surface area (Å²) in [5.41, 5.74) is 7.44. The summed E-state index contributed by atoms with van der Waals surface area (Å²) in [4.78, 5) is 11.9. The predicted molar refractivity (Wildman–Crippen MR) is 224 cm³/mol. The summed E-state index contributed by atoms with van der Waals surface area (Å²) in [6, 6.07) is 55.4. The zero-order valence-electron chi connectivity index (χ0n) is 28.6. The average molecular weight is 716 g/mol. The Morgan fingerprint density at radius 3 is 2.06 bits per heavy atom. The quantitative estimate of drug-likeness (QED) is 0.178. The number of thiophene rings is 2. The summed E-state index contributed by atoms with van der Waals surface area (Å²) in [6.07, 6.45) is 0. The van der Waals surface area contributed by atoms with Crippen molar-refractivity contribution in [1.82, 2.24) is 14.5 Å². The van der Waals surface area contributed by atoms with E-state index in [2.05, 4.69) is 127 Å². The molecular formula is C47H29N3OS2. The second kappa shape index (κ2) is 11.9. The van der Waals surface area contributed by atoms with Gasteiger partial charge in [-0.3, -0.25) is 4.57 Å². The Hall–Kier alpha value is -6.34. The maximum atomic E-state index is 6.45. The Morgan fingerprint density at radius 1 is 0.509 bits per heavy atom. The summed E-state index contributed by atoms with van der Waals surface area (Å²) in [7, 11) is 0.